The van der Waals surface area contributed by atoms with Crippen LogP contribution in [0.15, 0.2) is 33.8 Å². The number of aliphatic imine (C=N–C) groups is 1. The number of para-hydroxylation sites is 2. The van der Waals surface area contributed by atoms with Gasteiger partial charge >= 0.3 is 0 Å². The fourth-order valence-electron chi connectivity index (χ4n) is 2.82. The molecule has 2 N–H and O–H groups in total. The van der Waals surface area contributed by atoms with Gasteiger partial charge in [0, 0.05) is 26.6 Å². The van der Waals surface area contributed by atoms with Crippen LogP contribution in [0.2, 0.25) is 0 Å². The summed E-state index contributed by atoms with van der Waals surface area (Å²) in [5.74, 6) is 2.93. The zero-order chi connectivity index (χ0) is 18.4. The van der Waals surface area contributed by atoms with Gasteiger partial charge in [-0.05, 0) is 32.4 Å². The number of aromatic nitrogens is 4. The Kier molecular flexibility index (Phi) is 8.01. The van der Waals surface area contributed by atoms with E-state index in [1.54, 1.807) is 6.92 Å². The summed E-state index contributed by atoms with van der Waals surface area (Å²) in [4.78, 5) is 13.3. The zero-order valence-corrected chi connectivity index (χ0v) is 18.2. The molecule has 0 fully saturated rings. The maximum atomic E-state index is 4.96. The maximum absolute atomic E-state index is 4.96. The average Bonchev–Trinajstić information content (AvgIpc) is 3.19. The lowest BCUT2D eigenvalue weighted by Gasteiger charge is -2.12. The Morgan fingerprint density at radius 2 is 2.00 bits per heavy atom. The van der Waals surface area contributed by atoms with Crippen LogP contribution >= 0.6 is 24.0 Å². The van der Waals surface area contributed by atoms with Gasteiger partial charge in [-0.15, -0.1) is 24.0 Å². The van der Waals surface area contributed by atoms with Crippen LogP contribution in [0.25, 0.3) is 11.0 Å². The molecule has 0 spiro atoms. The molecule has 0 aliphatic rings. The molecule has 0 atom stereocenters. The second-order valence-electron chi connectivity index (χ2n) is 6.00. The van der Waals surface area contributed by atoms with Gasteiger partial charge in [0.2, 0.25) is 5.89 Å². The zero-order valence-electron chi connectivity index (χ0n) is 15.9. The van der Waals surface area contributed by atoms with E-state index in [1.165, 1.54) is 5.52 Å². The van der Waals surface area contributed by atoms with Crippen molar-refractivity contribution < 1.29 is 4.52 Å². The van der Waals surface area contributed by atoms with Crippen molar-refractivity contribution in [3.63, 3.8) is 0 Å². The Labute approximate surface area is 175 Å². The van der Waals surface area contributed by atoms with Gasteiger partial charge in [-0.25, -0.2) is 9.98 Å². The van der Waals surface area contributed by atoms with Crippen LogP contribution in [0, 0.1) is 13.8 Å². The number of nitrogens with one attached hydrogen (secondary N) is 2. The highest BCUT2D eigenvalue weighted by Crippen LogP contribution is 2.15. The van der Waals surface area contributed by atoms with Crippen molar-refractivity contribution in [1.29, 1.82) is 0 Å². The summed E-state index contributed by atoms with van der Waals surface area (Å²) in [7, 11) is 0. The number of hydrogen-bond donors (Lipinski definition) is 2. The first-order valence-electron chi connectivity index (χ1n) is 8.90. The van der Waals surface area contributed by atoms with Gasteiger partial charge in [-0.3, -0.25) is 0 Å². The number of halogens is 1. The third-order valence-corrected chi connectivity index (χ3v) is 3.99. The van der Waals surface area contributed by atoms with Crippen molar-refractivity contribution >= 4 is 41.0 Å². The molecule has 0 bridgehead atoms. The molecule has 2 aromatic heterocycles. The van der Waals surface area contributed by atoms with Crippen molar-refractivity contribution in [2.75, 3.05) is 13.1 Å². The second kappa shape index (κ2) is 10.2. The number of aryl methyl sites for hydroxylation is 3. The van der Waals surface area contributed by atoms with Gasteiger partial charge in [-0.2, -0.15) is 4.98 Å². The summed E-state index contributed by atoms with van der Waals surface area (Å²) in [5.41, 5.74) is 2.22. The first-order valence-corrected chi connectivity index (χ1v) is 8.90. The molecule has 3 rings (SSSR count). The fourth-order valence-corrected chi connectivity index (χ4v) is 2.82. The minimum Gasteiger partial charge on any atom is -0.357 e. The largest absolute Gasteiger partial charge is 0.357 e. The SMILES string of the molecule is CCNC(=NCc1noc(C)n1)NCCCn1c(C)nc2ccccc21.I. The molecule has 27 heavy (non-hydrogen) atoms. The third-order valence-electron chi connectivity index (χ3n) is 3.99. The van der Waals surface area contributed by atoms with Gasteiger partial charge in [-0.1, -0.05) is 17.3 Å². The highest BCUT2D eigenvalue weighted by atomic mass is 127. The van der Waals surface area contributed by atoms with Crippen LogP contribution in [0.5, 0.6) is 0 Å². The van der Waals surface area contributed by atoms with Crippen LogP contribution in [-0.4, -0.2) is 38.7 Å². The summed E-state index contributed by atoms with van der Waals surface area (Å²) in [5, 5.41) is 10.4. The first kappa shape index (κ1) is 21.1. The molecule has 0 radical (unpaired) electrons. The van der Waals surface area contributed by atoms with Crippen molar-refractivity contribution in [2.24, 2.45) is 4.99 Å². The van der Waals surface area contributed by atoms with Crippen LogP contribution in [-0.2, 0) is 13.1 Å². The van der Waals surface area contributed by atoms with Crippen molar-refractivity contribution in [3.8, 4) is 0 Å². The van der Waals surface area contributed by atoms with Crippen LogP contribution in [0.3, 0.4) is 0 Å². The number of hydrogen-bond acceptors (Lipinski definition) is 5. The molecule has 0 aliphatic carbocycles. The minimum absolute atomic E-state index is 0. The Balaban J connectivity index is 0.00000261. The van der Waals surface area contributed by atoms with Crippen LogP contribution in [0.1, 0.15) is 30.9 Å². The summed E-state index contributed by atoms with van der Waals surface area (Å²) in [6, 6.07) is 8.23. The van der Waals surface area contributed by atoms with Crippen molar-refractivity contribution in [1.82, 2.24) is 30.3 Å². The number of guanidine groups is 1. The van der Waals surface area contributed by atoms with E-state index in [1.807, 2.05) is 32.0 Å². The van der Waals surface area contributed by atoms with E-state index in [2.05, 4.69) is 41.4 Å². The number of rotatable bonds is 7. The fraction of sp³-hybridized carbons (Fsp3) is 0.444. The molecule has 9 heteroatoms. The Morgan fingerprint density at radius 3 is 2.74 bits per heavy atom. The second-order valence-corrected chi connectivity index (χ2v) is 6.00. The van der Waals surface area contributed by atoms with Crippen molar-refractivity contribution in [3.05, 3.63) is 41.8 Å². The Bertz CT molecular complexity index is 887. The predicted octanol–water partition coefficient (Wildman–Crippen LogP) is 2.80. The molecule has 0 amide bonds. The van der Waals surface area contributed by atoms with E-state index in [0.717, 1.165) is 43.4 Å². The molecule has 8 nitrogen and oxygen atoms in total. The van der Waals surface area contributed by atoms with Gasteiger partial charge in [0.1, 0.15) is 12.4 Å². The molecule has 146 valence electrons. The number of fused-ring (bicyclic) bond motifs is 1. The van der Waals surface area contributed by atoms with Gasteiger partial charge in [0.25, 0.3) is 0 Å². The molecule has 1 aromatic carbocycles. The lowest BCUT2D eigenvalue weighted by atomic mass is 10.3. The van der Waals surface area contributed by atoms with Crippen molar-refractivity contribution in [2.45, 2.75) is 40.3 Å². The summed E-state index contributed by atoms with van der Waals surface area (Å²) >= 11 is 0. The summed E-state index contributed by atoms with van der Waals surface area (Å²) in [6.07, 6.45) is 0.965. The highest BCUT2D eigenvalue weighted by molar-refractivity contribution is 14.0. The molecule has 0 aliphatic heterocycles. The summed E-state index contributed by atoms with van der Waals surface area (Å²) < 4.78 is 7.22. The molecule has 2 heterocycles. The lowest BCUT2D eigenvalue weighted by Crippen LogP contribution is -2.38. The van der Waals surface area contributed by atoms with E-state index in [-0.39, 0.29) is 24.0 Å². The summed E-state index contributed by atoms with van der Waals surface area (Å²) in [6.45, 7) is 8.75. The third kappa shape index (κ3) is 5.65. The van der Waals surface area contributed by atoms with E-state index in [0.29, 0.717) is 18.3 Å². The molecule has 0 saturated carbocycles. The van der Waals surface area contributed by atoms with E-state index in [9.17, 15) is 0 Å². The van der Waals surface area contributed by atoms with E-state index in [4.69, 9.17) is 4.52 Å². The minimum atomic E-state index is 0. The monoisotopic (exact) mass is 483 g/mol. The van der Waals surface area contributed by atoms with Crippen LogP contribution < -0.4 is 10.6 Å². The van der Waals surface area contributed by atoms with Gasteiger partial charge in [0.15, 0.2) is 11.8 Å². The first-order chi connectivity index (χ1) is 12.7. The normalized spacial score (nSPS) is 11.4. The lowest BCUT2D eigenvalue weighted by molar-refractivity contribution is 0.387. The molecule has 3 aromatic rings. The molecular formula is C18H26IN7O. The number of imidazole rings is 1. The smallest absolute Gasteiger partial charge is 0.223 e. The Hall–Kier alpha value is -2.17. The standard InChI is InChI=1S/C18H25N7O.HI/c1-4-19-18(21-12-17-23-14(3)26-24-17)20-10-7-11-25-13(2)22-15-8-5-6-9-16(15)25;/h5-6,8-9H,4,7,10-12H2,1-3H3,(H2,19,20,21);1H. The van der Waals surface area contributed by atoms with Gasteiger partial charge in [0.05, 0.1) is 11.0 Å². The molecule has 0 saturated heterocycles. The Morgan fingerprint density at radius 1 is 1.19 bits per heavy atom. The van der Waals surface area contributed by atoms with Crippen LogP contribution in [0.4, 0.5) is 0 Å². The average molecular weight is 483 g/mol. The highest BCUT2D eigenvalue weighted by Gasteiger charge is 2.06. The molecule has 0 unspecified atom stereocenters. The maximum Gasteiger partial charge on any atom is 0.223 e. The van der Waals surface area contributed by atoms with E-state index >= 15 is 0 Å². The quantitative estimate of drug-likeness (QED) is 0.233. The molecular weight excluding hydrogens is 457 g/mol. The van der Waals surface area contributed by atoms with E-state index < -0.39 is 0 Å². The number of nitrogens with zero attached hydrogens (tertiary/aromatic N) is 5. The topological polar surface area (TPSA) is 93.2 Å². The predicted molar refractivity (Wildman–Crippen MR) is 116 cm³/mol. The van der Waals surface area contributed by atoms with Gasteiger partial charge < -0.3 is 19.7 Å². The number of benzene rings is 1.